The lowest BCUT2D eigenvalue weighted by Gasteiger charge is -2.36. The molecule has 0 saturated heterocycles. The maximum atomic E-state index is 11.7. The van der Waals surface area contributed by atoms with Crippen LogP contribution in [0.4, 0.5) is 0 Å². The number of carboxylic acids is 2. The second-order valence-corrected chi connectivity index (χ2v) is 6.47. The third kappa shape index (κ3) is 2.94. The molecule has 0 spiro atoms. The zero-order valence-electron chi connectivity index (χ0n) is 12.5. The Bertz CT molecular complexity index is 443. The molecule has 0 aliphatic heterocycles. The Balaban J connectivity index is 2.30. The largest absolute Gasteiger partial charge is 0.479 e. The molecule has 2 atom stereocenters. The van der Waals surface area contributed by atoms with Gasteiger partial charge in [0.25, 0.3) is 0 Å². The molecule has 0 aromatic carbocycles. The Morgan fingerprint density at radius 3 is 2.05 bits per heavy atom. The molecule has 0 aromatic heterocycles. The summed E-state index contributed by atoms with van der Waals surface area (Å²) in [4.78, 5) is 23.3. The van der Waals surface area contributed by atoms with Gasteiger partial charge >= 0.3 is 11.9 Å². The van der Waals surface area contributed by atoms with E-state index in [1.54, 1.807) is 0 Å². The normalized spacial score (nSPS) is 32.9. The lowest BCUT2D eigenvalue weighted by Crippen LogP contribution is -2.46. The number of rotatable bonds is 4. The van der Waals surface area contributed by atoms with Crippen LogP contribution in [0.5, 0.6) is 0 Å². The fourth-order valence-electron chi connectivity index (χ4n) is 3.52. The van der Waals surface area contributed by atoms with Gasteiger partial charge in [0, 0.05) is 0 Å². The van der Waals surface area contributed by atoms with E-state index in [4.69, 9.17) is 0 Å². The summed E-state index contributed by atoms with van der Waals surface area (Å²) in [6.07, 6.45) is 6.57. The Kier molecular flexibility index (Phi) is 4.64. The summed E-state index contributed by atoms with van der Waals surface area (Å²) in [5.41, 5.74) is -2.45. The second kappa shape index (κ2) is 6.12. The van der Waals surface area contributed by atoms with E-state index in [1.165, 1.54) is 0 Å². The van der Waals surface area contributed by atoms with Crippen LogP contribution in [0.15, 0.2) is 10.2 Å². The van der Waals surface area contributed by atoms with E-state index >= 15 is 0 Å². The Morgan fingerprint density at radius 2 is 1.52 bits per heavy atom. The SMILES string of the molecule is CC1CCCCC1(N=NC1(C(=O)O)CCCCC1)C(=O)O. The van der Waals surface area contributed by atoms with Gasteiger partial charge in [0.15, 0.2) is 11.1 Å². The van der Waals surface area contributed by atoms with Crippen molar-refractivity contribution < 1.29 is 19.8 Å². The second-order valence-electron chi connectivity index (χ2n) is 6.47. The van der Waals surface area contributed by atoms with Gasteiger partial charge in [-0.2, -0.15) is 10.2 Å². The minimum Gasteiger partial charge on any atom is -0.479 e. The molecular weight excluding hydrogens is 272 g/mol. The summed E-state index contributed by atoms with van der Waals surface area (Å²) in [5.74, 6) is -2.06. The predicted octanol–water partition coefficient (Wildman–Crippen LogP) is 3.26. The lowest BCUT2D eigenvalue weighted by molar-refractivity contribution is -0.149. The van der Waals surface area contributed by atoms with Gasteiger partial charge < -0.3 is 10.2 Å². The van der Waals surface area contributed by atoms with Crippen LogP contribution in [0, 0.1) is 5.92 Å². The summed E-state index contributed by atoms with van der Waals surface area (Å²) in [6.45, 7) is 1.88. The van der Waals surface area contributed by atoms with Crippen LogP contribution in [0.25, 0.3) is 0 Å². The first-order chi connectivity index (χ1) is 9.93. The number of carbonyl (C=O) groups is 2. The van der Waals surface area contributed by atoms with Gasteiger partial charge in [-0.25, -0.2) is 9.59 Å². The number of nitrogens with zero attached hydrogens (tertiary/aromatic N) is 2. The van der Waals surface area contributed by atoms with E-state index in [2.05, 4.69) is 10.2 Å². The molecule has 0 heterocycles. The molecular formula is C15H24N2O4. The van der Waals surface area contributed by atoms with Crippen LogP contribution in [-0.2, 0) is 9.59 Å². The van der Waals surface area contributed by atoms with Crippen LogP contribution >= 0.6 is 0 Å². The topological polar surface area (TPSA) is 99.3 Å². The summed E-state index contributed by atoms with van der Waals surface area (Å²) < 4.78 is 0. The predicted molar refractivity (Wildman–Crippen MR) is 76.3 cm³/mol. The Morgan fingerprint density at radius 1 is 0.905 bits per heavy atom. The van der Waals surface area contributed by atoms with E-state index in [0.29, 0.717) is 19.3 Å². The number of azo groups is 1. The Hall–Kier alpha value is -1.46. The third-order valence-corrected chi connectivity index (χ3v) is 5.13. The minimum atomic E-state index is -1.24. The maximum Gasteiger partial charge on any atom is 0.333 e. The molecule has 0 radical (unpaired) electrons. The van der Waals surface area contributed by atoms with Crippen molar-refractivity contribution in [1.82, 2.24) is 0 Å². The Labute approximate surface area is 124 Å². The van der Waals surface area contributed by atoms with Crippen molar-refractivity contribution in [3.8, 4) is 0 Å². The summed E-state index contributed by atoms with van der Waals surface area (Å²) >= 11 is 0. The number of carboxylic acid groups (broad SMARTS) is 2. The van der Waals surface area contributed by atoms with Crippen LogP contribution < -0.4 is 0 Å². The molecule has 2 N–H and O–H groups in total. The zero-order valence-corrected chi connectivity index (χ0v) is 12.5. The van der Waals surface area contributed by atoms with Gasteiger partial charge in [-0.05, 0) is 31.6 Å². The molecule has 0 amide bonds. The third-order valence-electron chi connectivity index (χ3n) is 5.13. The van der Waals surface area contributed by atoms with Crippen LogP contribution in [0.2, 0.25) is 0 Å². The van der Waals surface area contributed by atoms with E-state index in [1.807, 2.05) is 6.92 Å². The highest BCUT2D eigenvalue weighted by Crippen LogP contribution is 2.40. The van der Waals surface area contributed by atoms with Crippen molar-refractivity contribution in [2.75, 3.05) is 0 Å². The molecule has 2 rings (SSSR count). The molecule has 2 unspecified atom stereocenters. The summed E-state index contributed by atoms with van der Waals surface area (Å²) in [6, 6.07) is 0. The molecule has 2 aliphatic carbocycles. The van der Waals surface area contributed by atoms with Crippen LogP contribution in [-0.4, -0.2) is 33.2 Å². The van der Waals surface area contributed by atoms with E-state index in [-0.39, 0.29) is 5.92 Å². The standard InChI is InChI=1S/C15H24N2O4/c1-11-7-3-6-10-15(11,13(20)21)17-16-14(12(18)19)8-4-2-5-9-14/h11H,2-10H2,1H3,(H,18,19)(H,20,21). The first-order valence-corrected chi connectivity index (χ1v) is 7.84. The van der Waals surface area contributed by atoms with Gasteiger partial charge in [-0.1, -0.05) is 39.0 Å². The van der Waals surface area contributed by atoms with Crippen molar-refractivity contribution in [3.05, 3.63) is 0 Å². The summed E-state index contributed by atoms with van der Waals surface area (Å²) in [5, 5.41) is 27.4. The molecule has 6 heteroatoms. The van der Waals surface area contributed by atoms with Gasteiger partial charge in [-0.15, -0.1) is 0 Å². The monoisotopic (exact) mass is 296 g/mol. The van der Waals surface area contributed by atoms with Crippen LogP contribution in [0.3, 0.4) is 0 Å². The highest BCUT2D eigenvalue weighted by molar-refractivity contribution is 5.80. The van der Waals surface area contributed by atoms with Gasteiger partial charge in [0.1, 0.15) is 0 Å². The van der Waals surface area contributed by atoms with Crippen molar-refractivity contribution in [2.24, 2.45) is 16.1 Å². The van der Waals surface area contributed by atoms with Crippen molar-refractivity contribution in [1.29, 1.82) is 0 Å². The van der Waals surface area contributed by atoms with Gasteiger partial charge in [0.05, 0.1) is 0 Å². The number of hydrogen-bond acceptors (Lipinski definition) is 4. The fourth-order valence-corrected chi connectivity index (χ4v) is 3.52. The molecule has 0 bridgehead atoms. The van der Waals surface area contributed by atoms with E-state index in [9.17, 15) is 19.8 Å². The molecule has 2 saturated carbocycles. The molecule has 2 fully saturated rings. The minimum absolute atomic E-state index is 0.109. The van der Waals surface area contributed by atoms with Crippen molar-refractivity contribution in [3.63, 3.8) is 0 Å². The first kappa shape index (κ1) is 15.9. The van der Waals surface area contributed by atoms with E-state index in [0.717, 1.165) is 38.5 Å². The van der Waals surface area contributed by atoms with Crippen molar-refractivity contribution in [2.45, 2.75) is 75.8 Å². The first-order valence-electron chi connectivity index (χ1n) is 7.84. The molecule has 6 nitrogen and oxygen atoms in total. The van der Waals surface area contributed by atoms with Crippen molar-refractivity contribution >= 4 is 11.9 Å². The number of aliphatic carboxylic acids is 2. The average molecular weight is 296 g/mol. The molecule has 2 aliphatic rings. The molecule has 21 heavy (non-hydrogen) atoms. The number of hydrogen-bond donors (Lipinski definition) is 2. The van der Waals surface area contributed by atoms with Crippen LogP contribution in [0.1, 0.15) is 64.7 Å². The highest BCUT2D eigenvalue weighted by atomic mass is 16.4. The van der Waals surface area contributed by atoms with Gasteiger partial charge in [0.2, 0.25) is 0 Å². The van der Waals surface area contributed by atoms with E-state index < -0.39 is 23.0 Å². The average Bonchev–Trinajstić information content (AvgIpc) is 2.47. The summed E-state index contributed by atoms with van der Waals surface area (Å²) in [7, 11) is 0. The quantitative estimate of drug-likeness (QED) is 0.778. The fraction of sp³-hybridized carbons (Fsp3) is 0.867. The smallest absolute Gasteiger partial charge is 0.333 e. The zero-order chi connectivity index (χ0) is 15.5. The lowest BCUT2D eigenvalue weighted by atomic mass is 9.74. The molecule has 118 valence electrons. The van der Waals surface area contributed by atoms with Gasteiger partial charge in [-0.3, -0.25) is 0 Å². The maximum absolute atomic E-state index is 11.7. The molecule has 0 aromatic rings. The highest BCUT2D eigenvalue weighted by Gasteiger charge is 2.48.